The largest absolute Gasteiger partial charge is 0.489 e. The molecular weight excluding hydrogens is 486 g/mol. The van der Waals surface area contributed by atoms with Crippen molar-refractivity contribution in [3.05, 3.63) is 104 Å². The van der Waals surface area contributed by atoms with Crippen LogP contribution < -0.4 is 15.4 Å². The van der Waals surface area contributed by atoms with E-state index < -0.39 is 23.4 Å². The van der Waals surface area contributed by atoms with Crippen LogP contribution in [0.3, 0.4) is 0 Å². The maximum atomic E-state index is 13.2. The van der Waals surface area contributed by atoms with Crippen LogP contribution in [0.4, 0.5) is 5.69 Å². The maximum Gasteiger partial charge on any atom is 0.256 e. The van der Waals surface area contributed by atoms with E-state index in [1.165, 1.54) is 0 Å². The monoisotopic (exact) mass is 507 g/mol. The third kappa shape index (κ3) is 3.50. The Hall–Kier alpha value is -3.23. The first-order valence-corrected chi connectivity index (χ1v) is 11.5. The van der Waals surface area contributed by atoms with Crippen LogP contribution in [0.2, 0.25) is 0 Å². The number of nitrogens with zero attached hydrogens (tertiary/aromatic N) is 1. The summed E-state index contributed by atoms with van der Waals surface area (Å²) in [6.07, 6.45) is 0. The van der Waals surface area contributed by atoms with Crippen molar-refractivity contribution >= 4 is 27.5 Å². The van der Waals surface area contributed by atoms with Crippen molar-refractivity contribution < 1.29 is 14.5 Å². The van der Waals surface area contributed by atoms with Crippen LogP contribution >= 0.6 is 15.9 Å². The van der Waals surface area contributed by atoms with Crippen molar-refractivity contribution in [3.63, 3.8) is 0 Å². The molecule has 0 radical (unpaired) electrons. The summed E-state index contributed by atoms with van der Waals surface area (Å²) < 4.78 is 7.11. The van der Waals surface area contributed by atoms with Gasteiger partial charge in [0.2, 0.25) is 0 Å². The summed E-state index contributed by atoms with van der Waals surface area (Å²) in [7, 11) is 0. The Balaban J connectivity index is 1.54. The van der Waals surface area contributed by atoms with Gasteiger partial charge in [-0.2, -0.15) is 0 Å². The zero-order chi connectivity index (χ0) is 23.2. The highest BCUT2D eigenvalue weighted by molar-refractivity contribution is 9.10. The first-order chi connectivity index (χ1) is 15.9. The molecule has 2 aliphatic rings. The van der Waals surface area contributed by atoms with E-state index in [2.05, 4.69) is 26.6 Å². The highest BCUT2D eigenvalue weighted by Gasteiger charge is 2.67. The smallest absolute Gasteiger partial charge is 0.256 e. The fourth-order valence-electron chi connectivity index (χ4n) is 5.15. The highest BCUT2D eigenvalue weighted by atomic mass is 79.9. The van der Waals surface area contributed by atoms with Gasteiger partial charge in [-0.3, -0.25) is 20.2 Å². The standard InChI is InChI=1S/C25H22BrN3O4/c1-15-22(18-6-2-5-9-21(18)33-14-16-10-12-17(26)13-11-16)23(29(31)32)25(28-15)19-7-3-4-8-20(19)27-24(25)30/h2-13,15,22-23,28H,14H2,1H3,(H,27,30)/t15-,22+,23-,25-/m0/s1. The molecule has 0 bridgehead atoms. The van der Waals surface area contributed by atoms with Crippen LogP contribution in [0.1, 0.15) is 29.5 Å². The van der Waals surface area contributed by atoms with Gasteiger partial charge in [-0.15, -0.1) is 0 Å². The van der Waals surface area contributed by atoms with Gasteiger partial charge in [0.05, 0.1) is 5.92 Å². The molecule has 168 valence electrons. The van der Waals surface area contributed by atoms with E-state index in [1.807, 2.05) is 55.5 Å². The van der Waals surface area contributed by atoms with Crippen LogP contribution in [0, 0.1) is 10.1 Å². The summed E-state index contributed by atoms with van der Waals surface area (Å²) in [5.41, 5.74) is 1.47. The molecule has 5 rings (SSSR count). The molecule has 2 aliphatic heterocycles. The molecule has 1 spiro atoms. The van der Waals surface area contributed by atoms with E-state index in [4.69, 9.17) is 4.74 Å². The quantitative estimate of drug-likeness (QED) is 0.388. The SMILES string of the molecule is C[C@@H]1N[C@]2(C(=O)Nc3ccccc32)[C@@H]([N+](=O)[O-])[C@H]1c1ccccc1OCc1ccc(Br)cc1. The molecule has 4 atom stereocenters. The summed E-state index contributed by atoms with van der Waals surface area (Å²) >= 11 is 3.43. The molecule has 33 heavy (non-hydrogen) atoms. The number of amides is 1. The van der Waals surface area contributed by atoms with Crippen molar-refractivity contribution in [1.82, 2.24) is 5.32 Å². The Labute approximate surface area is 199 Å². The summed E-state index contributed by atoms with van der Waals surface area (Å²) in [6.45, 7) is 2.21. The number of rotatable bonds is 5. The van der Waals surface area contributed by atoms with Crippen LogP contribution in [0.5, 0.6) is 5.75 Å². The number of carbonyl (C=O) groups is 1. The van der Waals surface area contributed by atoms with Crippen molar-refractivity contribution in [3.8, 4) is 5.75 Å². The Morgan fingerprint density at radius 1 is 1.06 bits per heavy atom. The summed E-state index contributed by atoms with van der Waals surface area (Å²) in [5, 5.41) is 18.7. The number of nitrogens with one attached hydrogen (secondary N) is 2. The van der Waals surface area contributed by atoms with Crippen molar-refractivity contribution in [2.45, 2.75) is 37.1 Å². The molecule has 3 aromatic rings. The topological polar surface area (TPSA) is 93.5 Å². The van der Waals surface area contributed by atoms with Crippen LogP contribution in [0.15, 0.2) is 77.3 Å². The molecule has 0 aromatic heterocycles. The number of anilines is 1. The van der Waals surface area contributed by atoms with E-state index >= 15 is 0 Å². The molecule has 8 heteroatoms. The number of hydrogen-bond acceptors (Lipinski definition) is 5. The lowest BCUT2D eigenvalue weighted by Crippen LogP contribution is -2.54. The van der Waals surface area contributed by atoms with Crippen LogP contribution in [0.25, 0.3) is 0 Å². The molecule has 2 heterocycles. The molecule has 0 aliphatic carbocycles. The zero-order valence-electron chi connectivity index (χ0n) is 17.8. The van der Waals surface area contributed by atoms with Crippen molar-refractivity contribution in [2.75, 3.05) is 5.32 Å². The number of ether oxygens (including phenoxy) is 1. The van der Waals surface area contributed by atoms with Gasteiger partial charge in [-0.05, 0) is 36.8 Å². The number of para-hydroxylation sites is 2. The summed E-state index contributed by atoms with van der Waals surface area (Å²) in [4.78, 5) is 25.4. The Morgan fingerprint density at radius 3 is 2.52 bits per heavy atom. The molecular formula is C25H22BrN3O4. The lowest BCUT2D eigenvalue weighted by atomic mass is 9.78. The minimum Gasteiger partial charge on any atom is -0.489 e. The third-order valence-electron chi connectivity index (χ3n) is 6.55. The van der Waals surface area contributed by atoms with E-state index in [1.54, 1.807) is 24.3 Å². The lowest BCUT2D eigenvalue weighted by Gasteiger charge is -2.26. The van der Waals surface area contributed by atoms with E-state index in [0.29, 0.717) is 29.2 Å². The minimum atomic E-state index is -1.44. The predicted molar refractivity (Wildman–Crippen MR) is 128 cm³/mol. The van der Waals surface area contributed by atoms with Gasteiger partial charge in [0.15, 0.2) is 5.54 Å². The van der Waals surface area contributed by atoms with Gasteiger partial charge in [0, 0.05) is 32.3 Å². The molecule has 0 unspecified atom stereocenters. The number of nitro groups is 1. The first-order valence-electron chi connectivity index (χ1n) is 10.7. The second-order valence-corrected chi connectivity index (χ2v) is 9.37. The van der Waals surface area contributed by atoms with E-state index in [0.717, 1.165) is 10.0 Å². The number of hydrogen-bond donors (Lipinski definition) is 2. The highest BCUT2D eigenvalue weighted by Crippen LogP contribution is 2.50. The third-order valence-corrected chi connectivity index (χ3v) is 7.08. The fraction of sp³-hybridized carbons (Fsp3) is 0.240. The van der Waals surface area contributed by atoms with Crippen molar-refractivity contribution in [2.24, 2.45) is 0 Å². The molecule has 1 saturated heterocycles. The van der Waals surface area contributed by atoms with Gasteiger partial charge < -0.3 is 10.1 Å². The molecule has 1 fully saturated rings. The molecule has 0 saturated carbocycles. The van der Waals surface area contributed by atoms with E-state index in [-0.39, 0.29) is 11.0 Å². The molecule has 7 nitrogen and oxygen atoms in total. The number of carbonyl (C=O) groups excluding carboxylic acids is 1. The second kappa shape index (κ2) is 8.28. The Morgan fingerprint density at radius 2 is 1.76 bits per heavy atom. The van der Waals surface area contributed by atoms with Gasteiger partial charge in [-0.25, -0.2) is 0 Å². The fourth-order valence-corrected chi connectivity index (χ4v) is 5.42. The number of benzene rings is 3. The molecule has 2 N–H and O–H groups in total. The average molecular weight is 508 g/mol. The normalized spacial score (nSPS) is 25.6. The number of halogens is 1. The van der Waals surface area contributed by atoms with Crippen LogP contribution in [-0.2, 0) is 16.9 Å². The van der Waals surface area contributed by atoms with Gasteiger partial charge in [0.25, 0.3) is 11.9 Å². The number of fused-ring (bicyclic) bond motifs is 2. The van der Waals surface area contributed by atoms with Gasteiger partial charge >= 0.3 is 0 Å². The lowest BCUT2D eigenvalue weighted by molar-refractivity contribution is -0.532. The Bertz CT molecular complexity index is 1230. The van der Waals surface area contributed by atoms with Crippen molar-refractivity contribution in [1.29, 1.82) is 0 Å². The molecule has 1 amide bonds. The maximum absolute atomic E-state index is 13.2. The minimum absolute atomic E-state index is 0.325. The second-order valence-electron chi connectivity index (χ2n) is 8.45. The average Bonchev–Trinajstić information content (AvgIpc) is 3.27. The Kier molecular flexibility index (Phi) is 5.42. The predicted octanol–water partition coefficient (Wildman–Crippen LogP) is 4.60. The van der Waals surface area contributed by atoms with Gasteiger partial charge in [-0.1, -0.05) is 64.5 Å². The van der Waals surface area contributed by atoms with Crippen LogP contribution in [-0.4, -0.2) is 22.9 Å². The first kappa shape index (κ1) is 21.6. The van der Waals surface area contributed by atoms with Gasteiger partial charge in [0.1, 0.15) is 12.4 Å². The van der Waals surface area contributed by atoms with E-state index in [9.17, 15) is 14.9 Å². The summed E-state index contributed by atoms with van der Waals surface area (Å²) in [6, 6.07) is 20.8. The zero-order valence-corrected chi connectivity index (χ0v) is 19.4. The molecule has 3 aromatic carbocycles. The summed E-state index contributed by atoms with van der Waals surface area (Å²) in [5.74, 6) is -0.388.